The maximum Gasteiger partial charge on any atom is 0.148 e. The van der Waals surface area contributed by atoms with Crippen LogP contribution in [0.1, 0.15) is 36.0 Å². The second-order valence-electron chi connectivity index (χ2n) is 5.80. The van der Waals surface area contributed by atoms with E-state index >= 15 is 0 Å². The van der Waals surface area contributed by atoms with Crippen LogP contribution in [0, 0.1) is 29.6 Å². The van der Waals surface area contributed by atoms with E-state index in [4.69, 9.17) is 4.98 Å². The summed E-state index contributed by atoms with van der Waals surface area (Å²) in [6, 6.07) is 14.3. The highest BCUT2D eigenvalue weighted by Crippen LogP contribution is 2.32. The van der Waals surface area contributed by atoms with E-state index < -0.39 is 0 Å². The first-order valence-electron chi connectivity index (χ1n) is 7.91. The van der Waals surface area contributed by atoms with Crippen LogP contribution in [-0.2, 0) is 0 Å². The molecule has 1 fully saturated rings. The van der Waals surface area contributed by atoms with Crippen LogP contribution in [0.5, 0.6) is 0 Å². The Morgan fingerprint density at radius 1 is 0.957 bits per heavy atom. The number of hydrogen-bond acceptors (Lipinski definition) is 4. The van der Waals surface area contributed by atoms with E-state index in [2.05, 4.69) is 17.0 Å². The number of anilines is 1. The van der Waals surface area contributed by atoms with Crippen molar-refractivity contribution in [1.29, 1.82) is 10.5 Å². The van der Waals surface area contributed by atoms with Crippen LogP contribution in [0.25, 0.3) is 11.3 Å². The monoisotopic (exact) mass is 302 g/mol. The summed E-state index contributed by atoms with van der Waals surface area (Å²) in [5.41, 5.74) is 3.40. The molecular formula is C19H18N4. The zero-order valence-electron chi connectivity index (χ0n) is 13.2. The summed E-state index contributed by atoms with van der Waals surface area (Å²) in [7, 11) is 0. The summed E-state index contributed by atoms with van der Waals surface area (Å²) in [5.74, 6) is 0.660. The van der Waals surface area contributed by atoms with Gasteiger partial charge >= 0.3 is 0 Å². The molecule has 0 radical (unpaired) electrons. The Morgan fingerprint density at radius 2 is 1.61 bits per heavy atom. The van der Waals surface area contributed by atoms with E-state index in [1.165, 1.54) is 6.42 Å². The SMILES string of the molecule is Cc1c(-c2ccccc2)nc(N2CCCCC2)c(C#N)c1C#N. The first-order chi connectivity index (χ1) is 11.3. The minimum Gasteiger partial charge on any atom is -0.355 e. The van der Waals surface area contributed by atoms with E-state index in [0.29, 0.717) is 16.9 Å². The van der Waals surface area contributed by atoms with Gasteiger partial charge in [0.2, 0.25) is 0 Å². The van der Waals surface area contributed by atoms with Gasteiger partial charge in [0.1, 0.15) is 23.5 Å². The highest BCUT2D eigenvalue weighted by Gasteiger charge is 2.23. The molecule has 0 bridgehead atoms. The fourth-order valence-electron chi connectivity index (χ4n) is 3.12. The maximum absolute atomic E-state index is 9.58. The van der Waals surface area contributed by atoms with Gasteiger partial charge in [-0.05, 0) is 31.7 Å². The third-order valence-corrected chi connectivity index (χ3v) is 4.35. The van der Waals surface area contributed by atoms with Gasteiger partial charge < -0.3 is 4.90 Å². The lowest BCUT2D eigenvalue weighted by atomic mass is 9.98. The molecule has 4 heteroatoms. The average molecular weight is 302 g/mol. The smallest absolute Gasteiger partial charge is 0.148 e. The van der Waals surface area contributed by atoms with Gasteiger partial charge in [-0.25, -0.2) is 4.98 Å². The molecule has 0 atom stereocenters. The molecule has 1 aliphatic rings. The van der Waals surface area contributed by atoms with Gasteiger partial charge in [-0.2, -0.15) is 10.5 Å². The van der Waals surface area contributed by atoms with E-state index in [1.54, 1.807) is 0 Å². The Balaban J connectivity index is 2.22. The van der Waals surface area contributed by atoms with Crippen molar-refractivity contribution in [2.45, 2.75) is 26.2 Å². The first-order valence-corrected chi connectivity index (χ1v) is 7.91. The van der Waals surface area contributed by atoms with Crippen molar-refractivity contribution < 1.29 is 0 Å². The Morgan fingerprint density at radius 3 is 2.22 bits per heavy atom. The molecule has 0 aliphatic carbocycles. The Bertz CT molecular complexity index is 791. The van der Waals surface area contributed by atoms with Crippen molar-refractivity contribution in [1.82, 2.24) is 4.98 Å². The summed E-state index contributed by atoms with van der Waals surface area (Å²) >= 11 is 0. The maximum atomic E-state index is 9.58. The van der Waals surface area contributed by atoms with Crippen LogP contribution in [-0.4, -0.2) is 18.1 Å². The summed E-state index contributed by atoms with van der Waals surface area (Å²) < 4.78 is 0. The topological polar surface area (TPSA) is 63.7 Å². The summed E-state index contributed by atoms with van der Waals surface area (Å²) in [5, 5.41) is 19.2. The van der Waals surface area contributed by atoms with Crippen LogP contribution in [0.3, 0.4) is 0 Å². The predicted octanol–water partition coefficient (Wildman–Crippen LogP) is 3.79. The standard InChI is InChI=1S/C19H18N4/c1-14-16(12-20)17(13-21)19(23-10-6-3-7-11-23)22-18(14)15-8-4-2-5-9-15/h2,4-5,8-9H,3,6-7,10-11H2,1H3. The zero-order valence-corrected chi connectivity index (χ0v) is 13.2. The Labute approximate surface area is 136 Å². The van der Waals surface area contributed by atoms with Crippen LogP contribution >= 0.6 is 0 Å². The van der Waals surface area contributed by atoms with E-state index in [1.807, 2.05) is 37.3 Å². The molecular weight excluding hydrogens is 284 g/mol. The van der Waals surface area contributed by atoms with Gasteiger partial charge in [0, 0.05) is 18.7 Å². The Hall–Kier alpha value is -2.85. The van der Waals surface area contributed by atoms with Crippen LogP contribution in [0.2, 0.25) is 0 Å². The van der Waals surface area contributed by atoms with Gasteiger partial charge in [-0.1, -0.05) is 30.3 Å². The van der Waals surface area contributed by atoms with Gasteiger partial charge in [0.15, 0.2) is 0 Å². The largest absolute Gasteiger partial charge is 0.355 e. The minimum absolute atomic E-state index is 0.409. The van der Waals surface area contributed by atoms with Crippen molar-refractivity contribution in [3.05, 3.63) is 47.0 Å². The van der Waals surface area contributed by atoms with Gasteiger partial charge in [-0.3, -0.25) is 0 Å². The number of nitriles is 2. The van der Waals surface area contributed by atoms with E-state index in [9.17, 15) is 10.5 Å². The summed E-state index contributed by atoms with van der Waals surface area (Å²) in [4.78, 5) is 6.95. The average Bonchev–Trinajstić information content (AvgIpc) is 2.62. The molecule has 2 heterocycles. The number of aromatic nitrogens is 1. The molecule has 3 rings (SSSR count). The lowest BCUT2D eigenvalue weighted by Crippen LogP contribution is -2.31. The van der Waals surface area contributed by atoms with Crippen molar-refractivity contribution >= 4 is 5.82 Å². The number of benzene rings is 1. The number of piperidine rings is 1. The molecule has 0 amide bonds. The summed E-state index contributed by atoms with van der Waals surface area (Å²) in [6.07, 6.45) is 3.41. The quantitative estimate of drug-likeness (QED) is 0.846. The third kappa shape index (κ3) is 2.76. The van der Waals surface area contributed by atoms with Crippen molar-refractivity contribution in [2.75, 3.05) is 18.0 Å². The van der Waals surface area contributed by atoms with Crippen molar-refractivity contribution in [3.63, 3.8) is 0 Å². The number of hydrogen-bond donors (Lipinski definition) is 0. The number of nitrogens with zero attached hydrogens (tertiary/aromatic N) is 4. The van der Waals surface area contributed by atoms with Crippen molar-refractivity contribution in [3.8, 4) is 23.4 Å². The summed E-state index contributed by atoms with van der Waals surface area (Å²) in [6.45, 7) is 3.66. The number of pyridine rings is 1. The molecule has 0 spiro atoms. The molecule has 4 nitrogen and oxygen atoms in total. The highest BCUT2D eigenvalue weighted by molar-refractivity contribution is 5.74. The van der Waals surface area contributed by atoms with Gasteiger partial charge in [-0.15, -0.1) is 0 Å². The van der Waals surface area contributed by atoms with Crippen LogP contribution < -0.4 is 4.90 Å². The highest BCUT2D eigenvalue weighted by atomic mass is 15.2. The van der Waals surface area contributed by atoms with E-state index in [0.717, 1.165) is 42.8 Å². The lowest BCUT2D eigenvalue weighted by molar-refractivity contribution is 0.573. The first kappa shape index (κ1) is 15.1. The second kappa shape index (κ2) is 6.50. The molecule has 0 saturated carbocycles. The molecule has 1 aliphatic heterocycles. The van der Waals surface area contributed by atoms with Crippen LogP contribution in [0.4, 0.5) is 5.82 Å². The van der Waals surface area contributed by atoms with Crippen LogP contribution in [0.15, 0.2) is 30.3 Å². The molecule has 1 aromatic heterocycles. The minimum atomic E-state index is 0.409. The fourth-order valence-corrected chi connectivity index (χ4v) is 3.12. The molecule has 1 aromatic carbocycles. The van der Waals surface area contributed by atoms with Gasteiger partial charge in [0.25, 0.3) is 0 Å². The molecule has 0 unspecified atom stereocenters. The normalized spacial score (nSPS) is 14.1. The zero-order chi connectivity index (χ0) is 16.2. The molecule has 23 heavy (non-hydrogen) atoms. The predicted molar refractivity (Wildman–Crippen MR) is 89.9 cm³/mol. The lowest BCUT2D eigenvalue weighted by Gasteiger charge is -2.29. The molecule has 2 aromatic rings. The Kier molecular flexibility index (Phi) is 4.26. The third-order valence-electron chi connectivity index (χ3n) is 4.35. The second-order valence-corrected chi connectivity index (χ2v) is 5.80. The van der Waals surface area contributed by atoms with Gasteiger partial charge in [0.05, 0.1) is 11.3 Å². The molecule has 1 saturated heterocycles. The van der Waals surface area contributed by atoms with E-state index in [-0.39, 0.29) is 0 Å². The molecule has 114 valence electrons. The fraction of sp³-hybridized carbons (Fsp3) is 0.316. The number of rotatable bonds is 2. The van der Waals surface area contributed by atoms with Crippen molar-refractivity contribution in [2.24, 2.45) is 0 Å². The molecule has 0 N–H and O–H groups in total.